The molecule has 0 radical (unpaired) electrons. The molecule has 2 aliphatic heterocycles. The van der Waals surface area contributed by atoms with Gasteiger partial charge < -0.3 is 19.5 Å². The molecule has 1 aromatic rings. The molecule has 1 atom stereocenters. The molecule has 0 spiro atoms. The minimum atomic E-state index is -2.46. The molecule has 7 nitrogen and oxygen atoms in total. The van der Waals surface area contributed by atoms with Crippen LogP contribution in [-0.4, -0.2) is 56.6 Å². The van der Waals surface area contributed by atoms with Crippen LogP contribution in [0.25, 0.3) is 0 Å². The third-order valence-electron chi connectivity index (χ3n) is 4.91. The van der Waals surface area contributed by atoms with Gasteiger partial charge in [-0.1, -0.05) is 6.58 Å². The summed E-state index contributed by atoms with van der Waals surface area (Å²) in [4.78, 5) is 25.7. The summed E-state index contributed by atoms with van der Waals surface area (Å²) in [5, 5.41) is 2.54. The van der Waals surface area contributed by atoms with Gasteiger partial charge in [0.1, 0.15) is 18.9 Å². The Morgan fingerprint density at radius 3 is 2.50 bits per heavy atom. The van der Waals surface area contributed by atoms with Crippen LogP contribution in [0.4, 0.5) is 25.0 Å². The van der Waals surface area contributed by atoms with Gasteiger partial charge in [-0.3, -0.25) is 9.69 Å². The number of nitrogens with zero attached hydrogens (tertiary/aromatic N) is 2. The molecule has 0 saturated carbocycles. The van der Waals surface area contributed by atoms with E-state index in [1.807, 2.05) is 0 Å². The van der Waals surface area contributed by atoms with Crippen molar-refractivity contribution >= 4 is 30.5 Å². The van der Waals surface area contributed by atoms with Crippen molar-refractivity contribution in [2.24, 2.45) is 0 Å². The number of ether oxygens (including phenoxy) is 1. The van der Waals surface area contributed by atoms with Gasteiger partial charge in [-0.15, -0.1) is 0 Å². The first-order valence-corrected chi connectivity index (χ1v) is 11.0. The maximum absolute atomic E-state index is 14.7. The number of cyclic esters (lactones) is 1. The minimum absolute atomic E-state index is 0.0443. The highest BCUT2D eigenvalue weighted by Crippen LogP contribution is 2.49. The van der Waals surface area contributed by atoms with Crippen LogP contribution in [0.2, 0.25) is 0 Å². The van der Waals surface area contributed by atoms with Crippen molar-refractivity contribution in [2.75, 3.05) is 48.3 Å². The van der Waals surface area contributed by atoms with Gasteiger partial charge in [0.2, 0.25) is 5.91 Å². The van der Waals surface area contributed by atoms with Crippen molar-refractivity contribution in [3.05, 3.63) is 36.2 Å². The van der Waals surface area contributed by atoms with Gasteiger partial charge in [-0.2, -0.15) is 0 Å². The molecule has 1 aromatic carbocycles. The Morgan fingerprint density at radius 1 is 1.36 bits per heavy atom. The highest BCUT2D eigenvalue weighted by atomic mass is 31.2. The van der Waals surface area contributed by atoms with Crippen molar-refractivity contribution in [3.8, 4) is 0 Å². The Kier molecular flexibility index (Phi) is 5.74. The molecule has 152 valence electrons. The van der Waals surface area contributed by atoms with E-state index in [9.17, 15) is 22.9 Å². The molecule has 2 amide bonds. The number of halogens is 2. The molecular weight excluding hydrogens is 391 g/mol. The lowest BCUT2D eigenvalue weighted by atomic mass is 10.2. The number of nitrogens with one attached hydrogen (secondary N) is 1. The van der Waals surface area contributed by atoms with Gasteiger partial charge >= 0.3 is 6.09 Å². The van der Waals surface area contributed by atoms with Crippen LogP contribution < -0.4 is 15.1 Å². The predicted octanol–water partition coefficient (Wildman–Crippen LogP) is 2.75. The number of benzene rings is 1. The zero-order valence-electron chi connectivity index (χ0n) is 15.5. The average Bonchev–Trinajstić information content (AvgIpc) is 3.02. The highest BCUT2D eigenvalue weighted by molar-refractivity contribution is 7.67. The summed E-state index contributed by atoms with van der Waals surface area (Å²) in [5.74, 6) is -0.415. The smallest absolute Gasteiger partial charge is 0.414 e. The number of rotatable bonds is 5. The Labute approximate surface area is 161 Å². The third-order valence-corrected chi connectivity index (χ3v) is 7.49. The van der Waals surface area contributed by atoms with E-state index >= 15 is 0 Å². The van der Waals surface area contributed by atoms with E-state index < -0.39 is 31.0 Å². The first-order valence-electron chi connectivity index (χ1n) is 8.90. The molecule has 28 heavy (non-hydrogen) atoms. The van der Waals surface area contributed by atoms with Crippen LogP contribution >= 0.6 is 7.14 Å². The van der Waals surface area contributed by atoms with Crippen LogP contribution in [0.15, 0.2) is 24.5 Å². The average molecular weight is 413 g/mol. The van der Waals surface area contributed by atoms with Crippen LogP contribution in [0.3, 0.4) is 0 Å². The maximum Gasteiger partial charge on any atom is 0.414 e. The van der Waals surface area contributed by atoms with E-state index in [-0.39, 0.29) is 43.5 Å². The molecule has 0 aromatic heterocycles. The summed E-state index contributed by atoms with van der Waals surface area (Å²) >= 11 is 0. The molecule has 0 bridgehead atoms. The SMILES string of the molecule is C=CP1(=O)CCN(c2c(F)cc(N3C[C@H](CNC(C)=O)OC3=O)cc2F)CC1. The molecule has 2 fully saturated rings. The highest BCUT2D eigenvalue weighted by Gasteiger charge is 2.34. The number of carbonyl (C=O) groups excluding carboxylic acids is 2. The number of amides is 2. The normalized spacial score (nSPS) is 21.4. The minimum Gasteiger partial charge on any atom is -0.442 e. The molecule has 1 N–H and O–H groups in total. The van der Waals surface area contributed by atoms with Crippen molar-refractivity contribution < 1.29 is 27.7 Å². The van der Waals surface area contributed by atoms with Gasteiger partial charge in [0.05, 0.1) is 18.8 Å². The molecule has 2 aliphatic rings. The monoisotopic (exact) mass is 413 g/mol. The van der Waals surface area contributed by atoms with Crippen molar-refractivity contribution in [1.82, 2.24) is 5.32 Å². The third kappa shape index (κ3) is 4.19. The number of hydrogen-bond donors (Lipinski definition) is 1. The fraction of sp³-hybridized carbons (Fsp3) is 0.444. The van der Waals surface area contributed by atoms with Crippen LogP contribution in [-0.2, 0) is 14.1 Å². The second-order valence-electron chi connectivity index (χ2n) is 6.88. The number of carbonyl (C=O) groups is 2. The molecule has 10 heteroatoms. The zero-order chi connectivity index (χ0) is 20.5. The van der Waals surface area contributed by atoms with Crippen LogP contribution in [0, 0.1) is 11.6 Å². The summed E-state index contributed by atoms with van der Waals surface area (Å²) in [6.45, 7) is 5.64. The number of anilines is 2. The standard InChI is InChI=1S/C18H22F2N3O4P/c1-3-28(26)6-4-22(5-7-28)17-15(19)8-13(9-16(17)20)23-11-14(27-18(23)25)10-21-12(2)24/h3,8-9,14H,1,4-7,10-11H2,2H3,(H,21,24)/t14-/m0/s1. The maximum atomic E-state index is 14.7. The fourth-order valence-corrected chi connectivity index (χ4v) is 5.06. The Bertz CT molecular complexity index is 828. The van der Waals surface area contributed by atoms with E-state index in [2.05, 4.69) is 11.9 Å². The second-order valence-corrected chi connectivity index (χ2v) is 10.0. The Hall–Kier alpha value is -2.41. The Morgan fingerprint density at radius 2 is 1.96 bits per heavy atom. The molecular formula is C18H22F2N3O4P. The summed E-state index contributed by atoms with van der Waals surface area (Å²) in [6, 6.07) is 2.17. The van der Waals surface area contributed by atoms with Crippen LogP contribution in [0.1, 0.15) is 6.92 Å². The summed E-state index contributed by atoms with van der Waals surface area (Å²) in [7, 11) is -2.46. The van der Waals surface area contributed by atoms with Crippen LogP contribution in [0.5, 0.6) is 0 Å². The summed E-state index contributed by atoms with van der Waals surface area (Å²) in [5.41, 5.74) is -0.149. The van der Waals surface area contributed by atoms with E-state index in [1.165, 1.54) is 17.6 Å². The lowest BCUT2D eigenvalue weighted by Gasteiger charge is -2.33. The van der Waals surface area contributed by atoms with E-state index in [4.69, 9.17) is 4.74 Å². The van der Waals surface area contributed by atoms with E-state index in [1.54, 1.807) is 0 Å². The lowest BCUT2D eigenvalue weighted by molar-refractivity contribution is -0.119. The molecule has 2 heterocycles. The van der Waals surface area contributed by atoms with Gasteiger partial charge in [-0.25, -0.2) is 13.6 Å². The first kappa shape index (κ1) is 20.3. The number of hydrogen-bond acceptors (Lipinski definition) is 5. The Balaban J connectivity index is 1.75. The van der Waals surface area contributed by atoms with Gasteiger partial charge in [0.25, 0.3) is 0 Å². The van der Waals surface area contributed by atoms with Gasteiger partial charge in [-0.05, 0) is 5.82 Å². The quantitative estimate of drug-likeness (QED) is 0.751. The summed E-state index contributed by atoms with van der Waals surface area (Å²) in [6.07, 6.45) is -0.690. The second kappa shape index (κ2) is 7.91. The molecule has 0 aliphatic carbocycles. The lowest BCUT2D eigenvalue weighted by Crippen LogP contribution is -2.36. The van der Waals surface area contributed by atoms with E-state index in [0.717, 1.165) is 17.0 Å². The zero-order valence-corrected chi connectivity index (χ0v) is 16.4. The van der Waals surface area contributed by atoms with E-state index in [0.29, 0.717) is 12.3 Å². The topological polar surface area (TPSA) is 79.0 Å². The van der Waals surface area contributed by atoms with Crippen molar-refractivity contribution in [1.29, 1.82) is 0 Å². The fourth-order valence-electron chi connectivity index (χ4n) is 3.32. The van der Waals surface area contributed by atoms with Crippen molar-refractivity contribution in [3.63, 3.8) is 0 Å². The predicted molar refractivity (Wildman–Crippen MR) is 102 cm³/mol. The largest absolute Gasteiger partial charge is 0.442 e. The van der Waals surface area contributed by atoms with Crippen molar-refractivity contribution in [2.45, 2.75) is 13.0 Å². The van der Waals surface area contributed by atoms with Gasteiger partial charge in [0, 0.05) is 44.5 Å². The molecule has 2 saturated heterocycles. The van der Waals surface area contributed by atoms with Gasteiger partial charge in [0.15, 0.2) is 11.6 Å². The molecule has 3 rings (SSSR count). The molecule has 0 unspecified atom stereocenters. The first-order chi connectivity index (χ1) is 13.2. The summed E-state index contributed by atoms with van der Waals surface area (Å²) < 4.78 is 46.8.